The molecule has 2 aromatic carbocycles. The normalized spacial score (nSPS) is 17.1. The monoisotopic (exact) mass is 487 g/mol. The number of aryl methyl sites for hydroxylation is 1. The molecule has 1 aliphatic carbocycles. The summed E-state index contributed by atoms with van der Waals surface area (Å²) in [5, 5.41) is 3.23. The number of rotatable bonds is 7. The molecule has 0 spiro atoms. The topological polar surface area (TPSA) is 75.0 Å². The first-order valence-electron chi connectivity index (χ1n) is 12.8. The number of hydrogen-bond donors (Lipinski definition) is 1. The quantitative estimate of drug-likeness (QED) is 0.515. The van der Waals surface area contributed by atoms with Crippen molar-refractivity contribution in [2.45, 2.75) is 44.7 Å². The molecule has 1 atom stereocenters. The molecule has 2 heterocycles. The van der Waals surface area contributed by atoms with Gasteiger partial charge in [0.2, 0.25) is 5.91 Å². The van der Waals surface area contributed by atoms with Crippen LogP contribution in [-0.4, -0.2) is 44.2 Å². The number of amides is 2. The van der Waals surface area contributed by atoms with Crippen LogP contribution in [0.3, 0.4) is 0 Å². The molecule has 2 amide bonds. The third-order valence-electron chi connectivity index (χ3n) is 7.12. The van der Waals surface area contributed by atoms with Crippen molar-refractivity contribution < 1.29 is 18.7 Å². The number of hydrogen-bond acceptors (Lipinski definition) is 5. The van der Waals surface area contributed by atoms with Gasteiger partial charge in [-0.1, -0.05) is 43.2 Å². The molecule has 7 nitrogen and oxygen atoms in total. The highest BCUT2D eigenvalue weighted by atomic mass is 16.5. The molecular formula is C29H33N3O4. The van der Waals surface area contributed by atoms with E-state index < -0.39 is 6.04 Å². The molecule has 3 aromatic rings. The Labute approximate surface area is 212 Å². The molecule has 1 aromatic heterocycles. The second-order valence-electron chi connectivity index (χ2n) is 9.52. The summed E-state index contributed by atoms with van der Waals surface area (Å²) in [6, 6.07) is 18.3. The molecule has 2 aliphatic rings. The Morgan fingerprint density at radius 1 is 0.972 bits per heavy atom. The van der Waals surface area contributed by atoms with E-state index in [0.29, 0.717) is 18.9 Å². The van der Waals surface area contributed by atoms with Gasteiger partial charge in [0.15, 0.2) is 5.76 Å². The molecule has 36 heavy (non-hydrogen) atoms. The number of nitrogens with one attached hydrogen (secondary N) is 1. The zero-order chi connectivity index (χ0) is 24.9. The van der Waals surface area contributed by atoms with Crippen molar-refractivity contribution in [3.8, 4) is 0 Å². The van der Waals surface area contributed by atoms with Crippen LogP contribution in [-0.2, 0) is 9.53 Å². The van der Waals surface area contributed by atoms with Gasteiger partial charge in [0.1, 0.15) is 6.04 Å². The lowest BCUT2D eigenvalue weighted by Crippen LogP contribution is -2.46. The minimum absolute atomic E-state index is 0.130. The summed E-state index contributed by atoms with van der Waals surface area (Å²) in [6.45, 7) is 5.01. The van der Waals surface area contributed by atoms with Crippen molar-refractivity contribution >= 4 is 23.2 Å². The number of anilines is 2. The van der Waals surface area contributed by atoms with Crippen molar-refractivity contribution in [3.05, 3.63) is 83.8 Å². The first kappa shape index (κ1) is 24.1. The summed E-state index contributed by atoms with van der Waals surface area (Å²) in [4.78, 5) is 31.6. The predicted octanol–water partition coefficient (Wildman–Crippen LogP) is 4.87. The van der Waals surface area contributed by atoms with E-state index >= 15 is 0 Å². The lowest BCUT2D eigenvalue weighted by Gasteiger charge is -2.33. The Kier molecular flexibility index (Phi) is 7.37. The van der Waals surface area contributed by atoms with Crippen molar-refractivity contribution in [1.29, 1.82) is 0 Å². The molecule has 1 saturated heterocycles. The molecule has 2 fully saturated rings. The number of carbonyl (C=O) groups is 2. The summed E-state index contributed by atoms with van der Waals surface area (Å²) in [6.07, 6.45) is 5.62. The first-order chi connectivity index (χ1) is 17.6. The molecule has 0 bridgehead atoms. The molecular weight excluding hydrogens is 454 g/mol. The van der Waals surface area contributed by atoms with E-state index in [1.165, 1.54) is 6.26 Å². The van der Waals surface area contributed by atoms with Crippen molar-refractivity contribution in [2.75, 3.05) is 36.1 Å². The summed E-state index contributed by atoms with van der Waals surface area (Å²) in [5.74, 6) is -0.329. The predicted molar refractivity (Wildman–Crippen MR) is 139 cm³/mol. The molecule has 7 heteroatoms. The van der Waals surface area contributed by atoms with E-state index in [1.807, 2.05) is 55.5 Å². The van der Waals surface area contributed by atoms with Crippen molar-refractivity contribution in [2.24, 2.45) is 0 Å². The minimum Gasteiger partial charge on any atom is -0.459 e. The van der Waals surface area contributed by atoms with Gasteiger partial charge in [-0.15, -0.1) is 0 Å². The molecule has 188 valence electrons. The third-order valence-corrected chi connectivity index (χ3v) is 7.12. The maximum Gasteiger partial charge on any atom is 0.294 e. The molecule has 5 rings (SSSR count). The fraction of sp³-hybridized carbons (Fsp3) is 0.379. The number of benzene rings is 2. The van der Waals surface area contributed by atoms with Gasteiger partial charge in [-0.3, -0.25) is 14.5 Å². The summed E-state index contributed by atoms with van der Waals surface area (Å²) in [5.41, 5.74) is 3.42. The second-order valence-corrected chi connectivity index (χ2v) is 9.52. The van der Waals surface area contributed by atoms with Gasteiger partial charge >= 0.3 is 0 Å². The lowest BCUT2D eigenvalue weighted by molar-refractivity contribution is -0.123. The van der Waals surface area contributed by atoms with Crippen LogP contribution in [0.1, 0.15) is 53.4 Å². The van der Waals surface area contributed by atoms with Crippen LogP contribution in [0.5, 0.6) is 0 Å². The Morgan fingerprint density at radius 3 is 2.36 bits per heavy atom. The summed E-state index contributed by atoms with van der Waals surface area (Å²) in [7, 11) is 0. The number of para-hydroxylation sites is 1. The zero-order valence-corrected chi connectivity index (χ0v) is 20.7. The number of furan rings is 1. The van der Waals surface area contributed by atoms with Gasteiger partial charge < -0.3 is 19.4 Å². The van der Waals surface area contributed by atoms with E-state index in [0.717, 1.165) is 55.6 Å². The maximum atomic E-state index is 13.9. The van der Waals surface area contributed by atoms with Crippen LogP contribution in [0.25, 0.3) is 0 Å². The van der Waals surface area contributed by atoms with E-state index in [1.54, 1.807) is 17.0 Å². The van der Waals surface area contributed by atoms with E-state index in [9.17, 15) is 9.59 Å². The Morgan fingerprint density at radius 2 is 1.69 bits per heavy atom. The highest BCUT2D eigenvalue weighted by molar-refractivity contribution is 6.09. The second kappa shape index (κ2) is 11.0. The maximum absolute atomic E-state index is 13.9. The Hall–Kier alpha value is -3.58. The number of ether oxygens (including phenoxy) is 1. The molecule has 1 N–H and O–H groups in total. The van der Waals surface area contributed by atoms with Crippen molar-refractivity contribution in [1.82, 2.24) is 5.32 Å². The van der Waals surface area contributed by atoms with Crippen LogP contribution in [0.4, 0.5) is 11.4 Å². The van der Waals surface area contributed by atoms with Gasteiger partial charge in [-0.2, -0.15) is 0 Å². The minimum atomic E-state index is -0.844. The fourth-order valence-electron chi connectivity index (χ4n) is 5.18. The van der Waals surface area contributed by atoms with Gasteiger partial charge in [0, 0.05) is 30.5 Å². The van der Waals surface area contributed by atoms with Crippen LogP contribution < -0.4 is 15.1 Å². The number of morpholine rings is 1. The average molecular weight is 488 g/mol. The smallest absolute Gasteiger partial charge is 0.294 e. The Bertz CT molecular complexity index is 1160. The van der Waals surface area contributed by atoms with E-state index in [2.05, 4.69) is 10.2 Å². The van der Waals surface area contributed by atoms with Gasteiger partial charge in [-0.25, -0.2) is 0 Å². The zero-order valence-electron chi connectivity index (χ0n) is 20.7. The molecule has 1 unspecified atom stereocenters. The van der Waals surface area contributed by atoms with Crippen molar-refractivity contribution in [3.63, 3.8) is 0 Å². The van der Waals surface area contributed by atoms with Crippen LogP contribution >= 0.6 is 0 Å². The third kappa shape index (κ3) is 5.16. The highest BCUT2D eigenvalue weighted by Crippen LogP contribution is 2.33. The first-order valence-corrected chi connectivity index (χ1v) is 12.8. The summed E-state index contributed by atoms with van der Waals surface area (Å²) >= 11 is 0. The number of nitrogens with zero attached hydrogens (tertiary/aromatic N) is 2. The van der Waals surface area contributed by atoms with Crippen LogP contribution in [0, 0.1) is 6.92 Å². The van der Waals surface area contributed by atoms with E-state index in [-0.39, 0.29) is 23.6 Å². The van der Waals surface area contributed by atoms with Crippen LogP contribution in [0.2, 0.25) is 0 Å². The highest BCUT2D eigenvalue weighted by Gasteiger charge is 2.36. The average Bonchev–Trinajstić information content (AvgIpc) is 3.63. The van der Waals surface area contributed by atoms with Gasteiger partial charge in [0.25, 0.3) is 5.91 Å². The standard InChI is InChI=1S/C29H33N3O4/c1-21-7-2-5-10-25(21)32(29(34)26-11-6-18-36-26)27(28(33)30-23-8-3-4-9-23)22-12-14-24(15-13-22)31-16-19-35-20-17-31/h2,5-7,10-15,18,23,27H,3-4,8-9,16-17,19-20H2,1H3,(H,30,33). The molecule has 1 aliphatic heterocycles. The lowest BCUT2D eigenvalue weighted by atomic mass is 10.00. The summed E-state index contributed by atoms with van der Waals surface area (Å²) < 4.78 is 11.0. The molecule has 1 saturated carbocycles. The number of carbonyl (C=O) groups excluding carboxylic acids is 2. The van der Waals surface area contributed by atoms with Gasteiger partial charge in [0.05, 0.1) is 19.5 Å². The van der Waals surface area contributed by atoms with Gasteiger partial charge in [-0.05, 0) is 61.2 Å². The SMILES string of the molecule is Cc1ccccc1N(C(=O)c1ccco1)C(C(=O)NC1CCCC1)c1ccc(N2CCOCC2)cc1. The molecule has 0 radical (unpaired) electrons. The largest absolute Gasteiger partial charge is 0.459 e. The fourth-order valence-corrected chi connectivity index (χ4v) is 5.18. The van der Waals surface area contributed by atoms with E-state index in [4.69, 9.17) is 9.15 Å². The van der Waals surface area contributed by atoms with Crippen LogP contribution in [0.15, 0.2) is 71.3 Å². The Balaban J connectivity index is 1.56.